The fourth-order valence-corrected chi connectivity index (χ4v) is 5.46. The highest BCUT2D eigenvalue weighted by Gasteiger charge is 2.26. The summed E-state index contributed by atoms with van der Waals surface area (Å²) < 4.78 is 11.0. The number of fused-ring (bicyclic) bond motifs is 1. The molecule has 2 fully saturated rings. The third-order valence-corrected chi connectivity index (χ3v) is 7.80. The summed E-state index contributed by atoms with van der Waals surface area (Å²) in [5.41, 5.74) is 5.14. The number of piperidine rings is 1. The molecule has 4 aromatic rings. The van der Waals surface area contributed by atoms with Gasteiger partial charge in [0.2, 0.25) is 0 Å². The molecule has 0 unspecified atom stereocenters. The van der Waals surface area contributed by atoms with E-state index < -0.39 is 6.10 Å². The van der Waals surface area contributed by atoms with Gasteiger partial charge < -0.3 is 34.7 Å². The smallest absolute Gasteiger partial charge is 0.322 e. The zero-order chi connectivity index (χ0) is 28.3. The number of nitrogens with one attached hydrogen (secondary N) is 2. The van der Waals surface area contributed by atoms with Crippen LogP contribution in [0.2, 0.25) is 0 Å². The number of amides is 3. The second-order valence-electron chi connectivity index (χ2n) is 10.3. The summed E-state index contributed by atoms with van der Waals surface area (Å²) in [6, 6.07) is 15.1. The summed E-state index contributed by atoms with van der Waals surface area (Å²) in [7, 11) is 1.65. The van der Waals surface area contributed by atoms with Gasteiger partial charge in [0, 0.05) is 60.6 Å². The Hall–Kier alpha value is -4.41. The molecule has 0 aliphatic carbocycles. The molecule has 41 heavy (non-hydrogen) atoms. The van der Waals surface area contributed by atoms with Crippen LogP contribution in [0.5, 0.6) is 5.75 Å². The van der Waals surface area contributed by atoms with Gasteiger partial charge in [-0.3, -0.25) is 4.79 Å². The molecule has 10 nitrogen and oxygen atoms in total. The van der Waals surface area contributed by atoms with E-state index in [2.05, 4.69) is 15.3 Å². The summed E-state index contributed by atoms with van der Waals surface area (Å²) in [6.45, 7) is 2.88. The SMILES string of the molecule is COc1ccccc1-c1c[nH]c2ncc(-c3ccc(NC(=O)N4CCOCC4)c(C(=O)N4CCC(O)CC4)c3)cc12. The highest BCUT2D eigenvalue weighted by Crippen LogP contribution is 2.36. The van der Waals surface area contributed by atoms with E-state index in [1.54, 1.807) is 29.2 Å². The van der Waals surface area contributed by atoms with E-state index in [1.807, 2.05) is 48.7 Å². The van der Waals surface area contributed by atoms with Crippen molar-refractivity contribution < 1.29 is 24.2 Å². The van der Waals surface area contributed by atoms with E-state index in [9.17, 15) is 14.7 Å². The third-order valence-electron chi connectivity index (χ3n) is 7.80. The van der Waals surface area contributed by atoms with Gasteiger partial charge in [-0.05, 0) is 42.7 Å². The molecule has 0 radical (unpaired) electrons. The van der Waals surface area contributed by atoms with E-state index in [1.165, 1.54) is 0 Å². The van der Waals surface area contributed by atoms with Crippen LogP contribution in [0.15, 0.2) is 60.9 Å². The van der Waals surface area contributed by atoms with Crippen LogP contribution >= 0.6 is 0 Å². The number of nitrogens with zero attached hydrogens (tertiary/aromatic N) is 3. The molecule has 2 aliphatic rings. The van der Waals surface area contributed by atoms with Crippen molar-refractivity contribution in [3.8, 4) is 28.0 Å². The standard InChI is InChI=1S/C31H33N5O5/c1-40-28-5-3-2-4-23(28)26-19-33-29-24(26)17-21(18-32-29)20-6-7-27(34-31(39)36-12-14-41-15-13-36)25(16-20)30(38)35-10-8-22(37)9-11-35/h2-7,16-19,22,37H,8-15H2,1H3,(H,32,33)(H,34,39). The number of hydrogen-bond donors (Lipinski definition) is 3. The minimum Gasteiger partial charge on any atom is -0.496 e. The number of benzene rings is 2. The average molecular weight is 556 g/mol. The number of methoxy groups -OCH3 is 1. The lowest BCUT2D eigenvalue weighted by atomic mass is 9.98. The van der Waals surface area contributed by atoms with Crippen molar-refractivity contribution in [2.45, 2.75) is 18.9 Å². The molecule has 3 N–H and O–H groups in total. The molecule has 2 aromatic carbocycles. The molecule has 2 saturated heterocycles. The molecule has 4 heterocycles. The molecular weight excluding hydrogens is 522 g/mol. The quantitative estimate of drug-likeness (QED) is 0.337. The first-order valence-electron chi connectivity index (χ1n) is 13.9. The minimum atomic E-state index is -0.400. The topological polar surface area (TPSA) is 120 Å². The number of pyridine rings is 1. The van der Waals surface area contributed by atoms with Crippen molar-refractivity contribution in [1.29, 1.82) is 0 Å². The number of urea groups is 1. The van der Waals surface area contributed by atoms with E-state index in [-0.39, 0.29) is 11.9 Å². The van der Waals surface area contributed by atoms with E-state index in [0.717, 1.165) is 39.0 Å². The number of para-hydroxylation sites is 1. The molecule has 212 valence electrons. The first kappa shape index (κ1) is 26.8. The second kappa shape index (κ2) is 11.6. The zero-order valence-electron chi connectivity index (χ0n) is 22.9. The summed E-state index contributed by atoms with van der Waals surface area (Å²) in [6.07, 6.45) is 4.35. The van der Waals surface area contributed by atoms with Crippen LogP contribution in [-0.2, 0) is 4.74 Å². The number of H-pyrrole nitrogens is 1. The van der Waals surface area contributed by atoms with E-state index >= 15 is 0 Å². The van der Waals surface area contributed by atoms with Gasteiger partial charge in [-0.25, -0.2) is 9.78 Å². The van der Waals surface area contributed by atoms with Crippen LogP contribution in [0.25, 0.3) is 33.3 Å². The van der Waals surface area contributed by atoms with Gasteiger partial charge in [-0.2, -0.15) is 0 Å². The number of aromatic amines is 1. The normalized spacial score (nSPS) is 16.1. The fourth-order valence-electron chi connectivity index (χ4n) is 5.46. The number of morpholine rings is 1. The number of ether oxygens (including phenoxy) is 2. The van der Waals surface area contributed by atoms with Gasteiger partial charge in [0.05, 0.1) is 37.7 Å². The number of hydrogen-bond acceptors (Lipinski definition) is 6. The maximum atomic E-state index is 13.8. The molecule has 3 amide bonds. The average Bonchev–Trinajstić information content (AvgIpc) is 3.45. The third kappa shape index (κ3) is 5.48. The second-order valence-corrected chi connectivity index (χ2v) is 10.3. The van der Waals surface area contributed by atoms with Crippen LogP contribution in [0.1, 0.15) is 23.2 Å². The largest absolute Gasteiger partial charge is 0.496 e. The molecule has 0 spiro atoms. The predicted octanol–water partition coefficient (Wildman–Crippen LogP) is 4.37. The number of aliphatic hydroxyl groups is 1. The lowest BCUT2D eigenvalue weighted by molar-refractivity contribution is 0.0546. The van der Waals surface area contributed by atoms with Crippen LogP contribution in [0, 0.1) is 0 Å². The zero-order valence-corrected chi connectivity index (χ0v) is 22.9. The number of carbonyl (C=O) groups excluding carboxylic acids is 2. The lowest BCUT2D eigenvalue weighted by Crippen LogP contribution is -2.43. The van der Waals surface area contributed by atoms with Gasteiger partial charge in [-0.15, -0.1) is 0 Å². The van der Waals surface area contributed by atoms with E-state index in [0.29, 0.717) is 63.5 Å². The van der Waals surface area contributed by atoms with Crippen LogP contribution in [0.3, 0.4) is 0 Å². The lowest BCUT2D eigenvalue weighted by Gasteiger charge is -2.31. The molecule has 2 aromatic heterocycles. The van der Waals surface area contributed by atoms with Crippen molar-refractivity contribution in [3.63, 3.8) is 0 Å². The summed E-state index contributed by atoms with van der Waals surface area (Å²) in [4.78, 5) is 38.1. The van der Waals surface area contributed by atoms with Crippen molar-refractivity contribution in [2.24, 2.45) is 0 Å². The van der Waals surface area contributed by atoms with Gasteiger partial charge in [0.15, 0.2) is 0 Å². The number of likely N-dealkylation sites (tertiary alicyclic amines) is 1. The fraction of sp³-hybridized carbons (Fsp3) is 0.323. The van der Waals surface area contributed by atoms with Crippen molar-refractivity contribution >= 4 is 28.7 Å². The highest BCUT2D eigenvalue weighted by atomic mass is 16.5. The van der Waals surface area contributed by atoms with Crippen molar-refractivity contribution in [1.82, 2.24) is 19.8 Å². The molecule has 6 rings (SSSR count). The van der Waals surface area contributed by atoms with Gasteiger partial charge in [0.1, 0.15) is 11.4 Å². The van der Waals surface area contributed by atoms with Crippen molar-refractivity contribution in [2.75, 3.05) is 51.8 Å². The minimum absolute atomic E-state index is 0.179. The van der Waals surface area contributed by atoms with Crippen molar-refractivity contribution in [3.05, 3.63) is 66.5 Å². The Balaban J connectivity index is 1.37. The van der Waals surface area contributed by atoms with Crippen LogP contribution in [0.4, 0.5) is 10.5 Å². The monoisotopic (exact) mass is 555 g/mol. The number of carbonyl (C=O) groups is 2. The Labute approximate surface area is 237 Å². The Morgan fingerprint density at radius 1 is 1.00 bits per heavy atom. The maximum Gasteiger partial charge on any atom is 0.322 e. The number of aliphatic hydroxyl groups excluding tert-OH is 1. The molecule has 10 heteroatoms. The summed E-state index contributed by atoms with van der Waals surface area (Å²) in [5.74, 6) is 0.583. The Kier molecular flexibility index (Phi) is 7.58. The predicted molar refractivity (Wildman–Crippen MR) is 156 cm³/mol. The highest BCUT2D eigenvalue weighted by molar-refractivity contribution is 6.05. The summed E-state index contributed by atoms with van der Waals surface area (Å²) >= 11 is 0. The van der Waals surface area contributed by atoms with Crippen LogP contribution in [-0.4, -0.2) is 89.4 Å². The molecule has 0 atom stereocenters. The van der Waals surface area contributed by atoms with Gasteiger partial charge in [-0.1, -0.05) is 24.3 Å². The molecular formula is C31H33N5O5. The first-order chi connectivity index (χ1) is 20.0. The molecule has 2 aliphatic heterocycles. The molecule has 0 bridgehead atoms. The van der Waals surface area contributed by atoms with Gasteiger partial charge >= 0.3 is 6.03 Å². The molecule has 0 saturated carbocycles. The Morgan fingerprint density at radius 2 is 1.78 bits per heavy atom. The summed E-state index contributed by atoms with van der Waals surface area (Å²) in [5, 5.41) is 13.9. The maximum absolute atomic E-state index is 13.8. The first-order valence-corrected chi connectivity index (χ1v) is 13.9. The Bertz CT molecular complexity index is 1570. The number of aromatic nitrogens is 2. The van der Waals surface area contributed by atoms with Crippen LogP contribution < -0.4 is 10.1 Å². The Morgan fingerprint density at radius 3 is 2.56 bits per heavy atom. The number of anilines is 1. The number of rotatable bonds is 5. The van der Waals surface area contributed by atoms with E-state index in [4.69, 9.17) is 9.47 Å². The van der Waals surface area contributed by atoms with Gasteiger partial charge in [0.25, 0.3) is 5.91 Å².